The largest absolute Gasteiger partial charge is 0.381 e. The summed E-state index contributed by atoms with van der Waals surface area (Å²) < 4.78 is 5.40. The zero-order chi connectivity index (χ0) is 14.8. The maximum atomic E-state index is 12.8. The van der Waals surface area contributed by atoms with Gasteiger partial charge in [-0.2, -0.15) is 0 Å². The Morgan fingerprint density at radius 3 is 2.70 bits per heavy atom. The smallest absolute Gasteiger partial charge is 0.248 e. The quantitative estimate of drug-likeness (QED) is 0.827. The Balaban J connectivity index is 2.18. The number of rotatable bonds is 5. The molecule has 5 nitrogen and oxygen atoms in total. The number of nitrogens with one attached hydrogen (secondary N) is 1. The second-order valence-electron chi connectivity index (χ2n) is 6.17. The predicted molar refractivity (Wildman–Crippen MR) is 76.2 cm³/mol. The van der Waals surface area contributed by atoms with Gasteiger partial charge in [-0.05, 0) is 26.2 Å². The Labute approximate surface area is 121 Å². The molecule has 5 heteroatoms. The third kappa shape index (κ3) is 2.82. The molecule has 0 radical (unpaired) electrons. The van der Waals surface area contributed by atoms with Crippen molar-refractivity contribution in [3.63, 3.8) is 0 Å². The van der Waals surface area contributed by atoms with Gasteiger partial charge in [0.25, 0.3) is 0 Å². The summed E-state index contributed by atoms with van der Waals surface area (Å²) in [7, 11) is 0. The first-order chi connectivity index (χ1) is 9.51. The van der Waals surface area contributed by atoms with Crippen molar-refractivity contribution in [3.8, 4) is 0 Å². The fourth-order valence-corrected chi connectivity index (χ4v) is 3.02. The molecule has 0 aromatic carbocycles. The van der Waals surface area contributed by atoms with Crippen LogP contribution in [0, 0.1) is 5.92 Å². The summed E-state index contributed by atoms with van der Waals surface area (Å²) in [5, 5.41) is 2.92. The van der Waals surface area contributed by atoms with E-state index in [0.29, 0.717) is 25.5 Å². The summed E-state index contributed by atoms with van der Waals surface area (Å²) in [6.07, 6.45) is 3.22. The highest BCUT2D eigenvalue weighted by Crippen LogP contribution is 2.26. The molecule has 2 rings (SSSR count). The molecule has 114 valence electrons. The average Bonchev–Trinajstić information content (AvgIpc) is 2.93. The van der Waals surface area contributed by atoms with Crippen molar-refractivity contribution >= 4 is 11.8 Å². The summed E-state index contributed by atoms with van der Waals surface area (Å²) in [4.78, 5) is 26.9. The van der Waals surface area contributed by atoms with Crippen LogP contribution in [-0.2, 0) is 14.3 Å². The third-order valence-corrected chi connectivity index (χ3v) is 4.56. The minimum absolute atomic E-state index is 0.00489. The predicted octanol–water partition coefficient (Wildman–Crippen LogP) is 1.32. The van der Waals surface area contributed by atoms with Crippen molar-refractivity contribution in [1.82, 2.24) is 10.2 Å². The fourth-order valence-electron chi connectivity index (χ4n) is 3.02. The van der Waals surface area contributed by atoms with Gasteiger partial charge in [-0.15, -0.1) is 0 Å². The van der Waals surface area contributed by atoms with Crippen molar-refractivity contribution in [2.75, 3.05) is 19.8 Å². The molecule has 0 aliphatic carbocycles. The van der Waals surface area contributed by atoms with Crippen LogP contribution in [0.15, 0.2) is 0 Å². The molecule has 0 bridgehead atoms. The van der Waals surface area contributed by atoms with Crippen LogP contribution < -0.4 is 5.32 Å². The molecule has 2 heterocycles. The zero-order valence-corrected chi connectivity index (χ0v) is 12.8. The molecular weight excluding hydrogens is 256 g/mol. The SMILES string of the molecule is CCCC1C(=O)NC(C)(CC)C(=O)N1CC1CCOC1. The molecule has 0 aromatic rings. The van der Waals surface area contributed by atoms with E-state index in [1.165, 1.54) is 0 Å². The van der Waals surface area contributed by atoms with Crippen LogP contribution in [0.5, 0.6) is 0 Å². The highest BCUT2D eigenvalue weighted by atomic mass is 16.5. The summed E-state index contributed by atoms with van der Waals surface area (Å²) in [6.45, 7) is 7.92. The van der Waals surface area contributed by atoms with E-state index in [2.05, 4.69) is 5.32 Å². The van der Waals surface area contributed by atoms with E-state index in [4.69, 9.17) is 4.74 Å². The maximum Gasteiger partial charge on any atom is 0.248 e. The number of hydrogen-bond donors (Lipinski definition) is 1. The molecule has 3 unspecified atom stereocenters. The summed E-state index contributed by atoms with van der Waals surface area (Å²) in [6, 6.07) is -0.312. The highest BCUT2D eigenvalue weighted by Gasteiger charge is 2.47. The average molecular weight is 282 g/mol. The van der Waals surface area contributed by atoms with Crippen LogP contribution >= 0.6 is 0 Å². The number of piperazine rings is 1. The lowest BCUT2D eigenvalue weighted by Crippen LogP contribution is -2.69. The Morgan fingerprint density at radius 1 is 1.40 bits per heavy atom. The summed E-state index contributed by atoms with van der Waals surface area (Å²) in [5.74, 6) is 0.421. The molecular formula is C15H26N2O3. The van der Waals surface area contributed by atoms with Crippen LogP contribution in [0.4, 0.5) is 0 Å². The van der Waals surface area contributed by atoms with Gasteiger partial charge >= 0.3 is 0 Å². The first-order valence-corrected chi connectivity index (χ1v) is 7.72. The molecule has 2 fully saturated rings. The zero-order valence-electron chi connectivity index (χ0n) is 12.8. The topological polar surface area (TPSA) is 58.6 Å². The van der Waals surface area contributed by atoms with Crippen LogP contribution in [0.2, 0.25) is 0 Å². The van der Waals surface area contributed by atoms with E-state index >= 15 is 0 Å². The molecule has 2 aliphatic heterocycles. The third-order valence-electron chi connectivity index (χ3n) is 4.56. The van der Waals surface area contributed by atoms with Crippen molar-refractivity contribution in [3.05, 3.63) is 0 Å². The van der Waals surface area contributed by atoms with Crippen molar-refractivity contribution in [2.24, 2.45) is 5.92 Å². The second-order valence-corrected chi connectivity index (χ2v) is 6.17. The van der Waals surface area contributed by atoms with Gasteiger partial charge in [0.2, 0.25) is 11.8 Å². The van der Waals surface area contributed by atoms with E-state index in [0.717, 1.165) is 25.9 Å². The lowest BCUT2D eigenvalue weighted by molar-refractivity contribution is -0.155. The van der Waals surface area contributed by atoms with Gasteiger partial charge in [-0.1, -0.05) is 20.3 Å². The number of amides is 2. The van der Waals surface area contributed by atoms with Gasteiger partial charge < -0.3 is 15.0 Å². The van der Waals surface area contributed by atoms with Gasteiger partial charge in [0.15, 0.2) is 0 Å². The molecule has 2 saturated heterocycles. The van der Waals surface area contributed by atoms with Crippen LogP contribution in [0.25, 0.3) is 0 Å². The Kier molecular flexibility index (Phi) is 4.68. The number of ether oxygens (including phenoxy) is 1. The van der Waals surface area contributed by atoms with Gasteiger partial charge in [-0.3, -0.25) is 9.59 Å². The maximum absolute atomic E-state index is 12.8. The van der Waals surface area contributed by atoms with E-state index in [9.17, 15) is 9.59 Å². The summed E-state index contributed by atoms with van der Waals surface area (Å²) >= 11 is 0. The highest BCUT2D eigenvalue weighted by molar-refractivity contribution is 5.99. The molecule has 20 heavy (non-hydrogen) atoms. The monoisotopic (exact) mass is 282 g/mol. The lowest BCUT2D eigenvalue weighted by Gasteiger charge is -2.45. The van der Waals surface area contributed by atoms with Crippen LogP contribution in [0.1, 0.15) is 46.5 Å². The number of hydrogen-bond acceptors (Lipinski definition) is 3. The normalized spacial score (nSPS) is 34.5. The van der Waals surface area contributed by atoms with E-state index < -0.39 is 5.54 Å². The van der Waals surface area contributed by atoms with E-state index in [-0.39, 0.29) is 17.9 Å². The van der Waals surface area contributed by atoms with E-state index in [1.54, 1.807) is 0 Å². The minimum Gasteiger partial charge on any atom is -0.381 e. The van der Waals surface area contributed by atoms with Crippen LogP contribution in [0.3, 0.4) is 0 Å². The number of nitrogens with zero attached hydrogens (tertiary/aromatic N) is 1. The Bertz CT molecular complexity index is 379. The first-order valence-electron chi connectivity index (χ1n) is 7.72. The molecule has 0 saturated carbocycles. The van der Waals surface area contributed by atoms with Gasteiger partial charge in [0.1, 0.15) is 11.6 Å². The number of carbonyl (C=O) groups excluding carboxylic acids is 2. The van der Waals surface area contributed by atoms with Gasteiger partial charge in [-0.25, -0.2) is 0 Å². The van der Waals surface area contributed by atoms with Crippen molar-refractivity contribution in [1.29, 1.82) is 0 Å². The van der Waals surface area contributed by atoms with Crippen LogP contribution in [-0.4, -0.2) is 48.1 Å². The molecule has 1 N–H and O–H groups in total. The second kappa shape index (κ2) is 6.12. The lowest BCUT2D eigenvalue weighted by atomic mass is 9.89. The summed E-state index contributed by atoms with van der Waals surface area (Å²) in [5.41, 5.74) is -0.749. The Morgan fingerprint density at radius 2 is 2.15 bits per heavy atom. The fraction of sp³-hybridized carbons (Fsp3) is 0.867. The molecule has 3 atom stereocenters. The molecule has 0 spiro atoms. The molecule has 2 aliphatic rings. The van der Waals surface area contributed by atoms with Gasteiger partial charge in [0, 0.05) is 19.1 Å². The minimum atomic E-state index is -0.749. The van der Waals surface area contributed by atoms with Crippen molar-refractivity contribution < 1.29 is 14.3 Å². The molecule has 2 amide bonds. The first kappa shape index (κ1) is 15.3. The van der Waals surface area contributed by atoms with Gasteiger partial charge in [0.05, 0.1) is 6.61 Å². The number of carbonyl (C=O) groups is 2. The van der Waals surface area contributed by atoms with E-state index in [1.807, 2.05) is 25.7 Å². The van der Waals surface area contributed by atoms with Crippen molar-refractivity contribution in [2.45, 2.75) is 58.0 Å². The Hall–Kier alpha value is -1.10. The molecule has 0 aromatic heterocycles. The standard InChI is InChI=1S/C15H26N2O3/c1-4-6-12-13(18)16-15(3,5-2)14(19)17(12)9-11-7-8-20-10-11/h11-12H,4-10H2,1-3H3,(H,16,18).